The highest BCUT2D eigenvalue weighted by molar-refractivity contribution is 5.44. The highest BCUT2D eigenvalue weighted by atomic mass is 16.5. The zero-order chi connectivity index (χ0) is 17.6. The number of aromatic nitrogens is 1. The van der Waals surface area contributed by atoms with Crippen molar-refractivity contribution >= 4 is 5.69 Å². The zero-order valence-corrected chi connectivity index (χ0v) is 16.2. The number of methoxy groups -OCH3 is 1. The van der Waals surface area contributed by atoms with Crippen molar-refractivity contribution < 1.29 is 6.16 Å². The van der Waals surface area contributed by atoms with Crippen LogP contribution in [-0.2, 0) is 4.74 Å². The van der Waals surface area contributed by atoms with E-state index in [2.05, 4.69) is 35.1 Å². The van der Waals surface area contributed by atoms with Crippen LogP contribution in [0, 0.1) is 0 Å². The van der Waals surface area contributed by atoms with E-state index in [0.29, 0.717) is 18.1 Å². The van der Waals surface area contributed by atoms with E-state index >= 15 is 0 Å². The molecule has 25 heavy (non-hydrogen) atoms. The van der Waals surface area contributed by atoms with Crippen LogP contribution in [0.25, 0.3) is 0 Å². The monoisotopic (exact) mass is 347 g/mol. The first kappa shape index (κ1) is 18.7. The first-order chi connectivity index (χ1) is 12.2. The van der Waals surface area contributed by atoms with E-state index in [1.165, 1.54) is 62.9 Å². The molecule has 2 heterocycles. The number of ether oxygens (including phenoxy) is 1. The Bertz CT molecular complexity index is 526. The molecule has 0 amide bonds. The third-order valence-electron chi connectivity index (χ3n) is 6.33. The first-order valence-electron chi connectivity index (χ1n) is 10.2. The number of nitrogens with one attached hydrogen (secondary N) is 1. The molecule has 4 nitrogen and oxygen atoms in total. The average molecular weight is 348 g/mol. The molecule has 1 N–H and O–H groups in total. The largest absolute Gasteiger partial charge is 0.381 e. The molecule has 142 valence electrons. The van der Waals surface area contributed by atoms with Gasteiger partial charge < -0.3 is 15.0 Å². The molecule has 3 rings (SSSR count). The van der Waals surface area contributed by atoms with E-state index in [1.807, 2.05) is 19.5 Å². The normalized spacial score (nSPS) is 27.2. The highest BCUT2D eigenvalue weighted by Crippen LogP contribution is 2.28. The Kier molecular flexibility index (Phi) is 6.71. The average Bonchev–Trinajstić information content (AvgIpc) is 2.68. The topological polar surface area (TPSA) is 37.4 Å². The van der Waals surface area contributed by atoms with Crippen molar-refractivity contribution in [1.29, 1.82) is 0 Å². The first-order valence-corrected chi connectivity index (χ1v) is 10.2. The molecule has 0 aromatic carbocycles. The second-order valence-corrected chi connectivity index (χ2v) is 7.94. The number of pyridine rings is 1. The van der Waals surface area contributed by atoms with Crippen LogP contribution in [0.5, 0.6) is 0 Å². The summed E-state index contributed by atoms with van der Waals surface area (Å²) in [6.07, 6.45) is 13.2. The highest BCUT2D eigenvalue weighted by Gasteiger charge is 2.28. The van der Waals surface area contributed by atoms with Gasteiger partial charge in [-0.25, -0.2) is 0 Å². The van der Waals surface area contributed by atoms with Crippen LogP contribution in [0.4, 0.5) is 5.69 Å². The Morgan fingerprint density at radius 1 is 1.20 bits per heavy atom. The Morgan fingerprint density at radius 3 is 2.56 bits per heavy atom. The lowest BCUT2D eigenvalue weighted by Crippen LogP contribution is -2.46. The van der Waals surface area contributed by atoms with Crippen LogP contribution in [-0.4, -0.2) is 48.3 Å². The van der Waals surface area contributed by atoms with Crippen molar-refractivity contribution in [2.24, 2.45) is 0 Å². The van der Waals surface area contributed by atoms with Crippen molar-refractivity contribution in [1.82, 2.24) is 9.88 Å². The van der Waals surface area contributed by atoms with Gasteiger partial charge >= 0.3 is 0 Å². The smallest absolute Gasteiger partial charge is 0.0572 e. The molecule has 1 saturated heterocycles. The van der Waals surface area contributed by atoms with Crippen LogP contribution in [0.2, 0.25) is 0 Å². The number of likely N-dealkylation sites (tertiary alicyclic amines) is 1. The molecule has 1 saturated carbocycles. The molecule has 0 bridgehead atoms. The van der Waals surface area contributed by atoms with Gasteiger partial charge in [-0.3, -0.25) is 4.98 Å². The van der Waals surface area contributed by atoms with Crippen molar-refractivity contribution in [2.75, 3.05) is 25.5 Å². The fourth-order valence-corrected chi connectivity index (χ4v) is 4.33. The molecule has 0 radical (unpaired) electrons. The zero-order valence-electron chi connectivity index (χ0n) is 16.2. The third-order valence-corrected chi connectivity index (χ3v) is 6.33. The van der Waals surface area contributed by atoms with Gasteiger partial charge in [0.1, 0.15) is 0 Å². The summed E-state index contributed by atoms with van der Waals surface area (Å²) < 4.78 is 5.51. The van der Waals surface area contributed by atoms with Crippen LogP contribution >= 0.6 is 0 Å². The van der Waals surface area contributed by atoms with E-state index in [4.69, 9.17) is 4.74 Å². The Hall–Kier alpha value is -1.13. The lowest BCUT2D eigenvalue weighted by molar-refractivity contribution is 0.0329. The van der Waals surface area contributed by atoms with E-state index in [0.717, 1.165) is 12.5 Å². The summed E-state index contributed by atoms with van der Waals surface area (Å²) in [5.41, 5.74) is 2.54. The minimum atomic E-state index is 0. The Morgan fingerprint density at radius 2 is 1.92 bits per heavy atom. The standard InChI is InChI=1S/C21H35N3O.H2/c1-4-16(2)17-13-19(15-22-14-17)23-18-9-11-24(12-10-18)20-5-7-21(25-3)8-6-20;/h13-16,18,20-21,23H,4-12H2,1-3H3;1H. The third kappa shape index (κ3) is 4.95. The van der Waals surface area contributed by atoms with Gasteiger partial charge in [-0.1, -0.05) is 13.8 Å². The quantitative estimate of drug-likeness (QED) is 0.811. The number of piperidine rings is 1. The van der Waals surface area contributed by atoms with E-state index in [9.17, 15) is 0 Å². The lowest BCUT2D eigenvalue weighted by Gasteiger charge is -2.40. The summed E-state index contributed by atoms with van der Waals surface area (Å²) in [5, 5.41) is 3.73. The number of anilines is 1. The predicted molar refractivity (Wildman–Crippen MR) is 106 cm³/mol. The molecule has 1 atom stereocenters. The lowest BCUT2D eigenvalue weighted by atomic mass is 9.90. The number of hydrogen-bond donors (Lipinski definition) is 1. The molecule has 1 aliphatic carbocycles. The molecule has 0 spiro atoms. The van der Waals surface area contributed by atoms with Crippen molar-refractivity contribution in [3.8, 4) is 0 Å². The van der Waals surface area contributed by atoms with E-state index in [-0.39, 0.29) is 1.43 Å². The van der Waals surface area contributed by atoms with Gasteiger partial charge in [0.2, 0.25) is 0 Å². The van der Waals surface area contributed by atoms with Crippen molar-refractivity contribution in [3.05, 3.63) is 24.0 Å². The summed E-state index contributed by atoms with van der Waals surface area (Å²) in [5.74, 6) is 0.582. The van der Waals surface area contributed by atoms with Gasteiger partial charge in [-0.2, -0.15) is 0 Å². The van der Waals surface area contributed by atoms with Gasteiger partial charge in [-0.15, -0.1) is 0 Å². The SMILES string of the molecule is CCC(C)c1cncc(NC2CCN(C3CCC(OC)CC3)CC2)c1.[HH]. The minimum absolute atomic E-state index is 0. The number of nitrogens with zero attached hydrogens (tertiary/aromatic N) is 2. The van der Waals surface area contributed by atoms with Gasteiger partial charge in [0.15, 0.2) is 0 Å². The summed E-state index contributed by atoms with van der Waals surface area (Å²) in [6.45, 7) is 6.95. The van der Waals surface area contributed by atoms with Crippen LogP contribution in [0.15, 0.2) is 18.5 Å². The maximum atomic E-state index is 5.51. The molecular weight excluding hydrogens is 310 g/mol. The van der Waals surface area contributed by atoms with Crippen molar-refractivity contribution in [2.45, 2.75) is 82.9 Å². The molecule has 1 aliphatic heterocycles. The summed E-state index contributed by atoms with van der Waals surface area (Å²) in [7, 11) is 1.85. The molecular formula is C21H37N3O. The molecule has 2 fully saturated rings. The maximum Gasteiger partial charge on any atom is 0.0572 e. The molecule has 1 unspecified atom stereocenters. The summed E-state index contributed by atoms with van der Waals surface area (Å²) in [6, 6.07) is 3.66. The van der Waals surface area contributed by atoms with Crippen LogP contribution in [0.3, 0.4) is 0 Å². The fraction of sp³-hybridized carbons (Fsp3) is 0.762. The predicted octanol–water partition coefficient (Wildman–Crippen LogP) is 4.68. The molecule has 1 aromatic heterocycles. The number of rotatable bonds is 6. The maximum absolute atomic E-state index is 5.51. The number of hydrogen-bond acceptors (Lipinski definition) is 4. The van der Waals surface area contributed by atoms with Crippen LogP contribution < -0.4 is 5.32 Å². The molecule has 2 aliphatic rings. The molecule has 1 aromatic rings. The Labute approximate surface area is 154 Å². The van der Waals surface area contributed by atoms with Gasteiger partial charge in [0.25, 0.3) is 0 Å². The van der Waals surface area contributed by atoms with Gasteiger partial charge in [-0.05, 0) is 62.5 Å². The second kappa shape index (κ2) is 9.00. The Balaban J connectivity index is 0.00000243. The van der Waals surface area contributed by atoms with E-state index < -0.39 is 0 Å². The minimum Gasteiger partial charge on any atom is -0.381 e. The molecule has 4 heteroatoms. The van der Waals surface area contributed by atoms with Crippen molar-refractivity contribution in [3.63, 3.8) is 0 Å². The summed E-state index contributed by atoms with van der Waals surface area (Å²) in [4.78, 5) is 7.16. The van der Waals surface area contributed by atoms with Gasteiger partial charge in [0.05, 0.1) is 11.8 Å². The van der Waals surface area contributed by atoms with E-state index in [1.54, 1.807) is 0 Å². The summed E-state index contributed by atoms with van der Waals surface area (Å²) >= 11 is 0. The fourth-order valence-electron chi connectivity index (χ4n) is 4.33. The van der Waals surface area contributed by atoms with Crippen LogP contribution in [0.1, 0.15) is 71.7 Å². The second-order valence-electron chi connectivity index (χ2n) is 7.94. The van der Waals surface area contributed by atoms with Gasteiger partial charge in [0, 0.05) is 46.1 Å².